The summed E-state index contributed by atoms with van der Waals surface area (Å²) in [4.78, 5) is 16.8. The Morgan fingerprint density at radius 2 is 1.86 bits per heavy atom. The highest BCUT2D eigenvalue weighted by molar-refractivity contribution is 5.80. The van der Waals surface area contributed by atoms with Gasteiger partial charge in [0.15, 0.2) is 6.10 Å². The summed E-state index contributed by atoms with van der Waals surface area (Å²) < 4.78 is 11.2. The van der Waals surface area contributed by atoms with Crippen LogP contribution in [0.25, 0.3) is 11.4 Å². The molecule has 152 valence electrons. The Morgan fingerprint density at radius 1 is 1.10 bits per heavy atom. The Labute approximate surface area is 171 Å². The number of hydrogen-bond acceptors (Lipinski definition) is 5. The lowest BCUT2D eigenvalue weighted by Gasteiger charge is -2.19. The monoisotopic (exact) mass is 393 g/mol. The van der Waals surface area contributed by atoms with Gasteiger partial charge in [-0.2, -0.15) is 4.98 Å². The van der Waals surface area contributed by atoms with Crippen LogP contribution in [0.5, 0.6) is 5.75 Å². The molecule has 6 nitrogen and oxygen atoms in total. The summed E-state index contributed by atoms with van der Waals surface area (Å²) in [6, 6.07) is 13.9. The van der Waals surface area contributed by atoms with Gasteiger partial charge in [0.25, 0.3) is 5.91 Å². The molecule has 0 saturated heterocycles. The average molecular weight is 393 g/mol. The molecule has 1 atom stereocenters. The fourth-order valence-corrected chi connectivity index (χ4v) is 3.00. The highest BCUT2D eigenvalue weighted by Gasteiger charge is 2.18. The number of rotatable bonds is 7. The van der Waals surface area contributed by atoms with Crippen molar-refractivity contribution in [3.05, 3.63) is 65.0 Å². The molecule has 0 saturated carbocycles. The summed E-state index contributed by atoms with van der Waals surface area (Å²) in [6.07, 6.45) is -0.645. The van der Waals surface area contributed by atoms with Gasteiger partial charge in [-0.1, -0.05) is 54.9 Å². The molecule has 0 bridgehead atoms. The van der Waals surface area contributed by atoms with Crippen molar-refractivity contribution in [3.8, 4) is 17.1 Å². The van der Waals surface area contributed by atoms with E-state index >= 15 is 0 Å². The third-order valence-corrected chi connectivity index (χ3v) is 4.62. The molecule has 0 fully saturated rings. The lowest BCUT2D eigenvalue weighted by Crippen LogP contribution is -2.36. The number of carbonyl (C=O) groups excluding carboxylic acids is 1. The smallest absolute Gasteiger partial charge is 0.261 e. The topological polar surface area (TPSA) is 77.2 Å². The molecule has 3 aromatic rings. The van der Waals surface area contributed by atoms with Gasteiger partial charge in [-0.3, -0.25) is 4.79 Å². The number of aromatic nitrogens is 2. The zero-order valence-corrected chi connectivity index (χ0v) is 17.5. The van der Waals surface area contributed by atoms with Crippen LogP contribution < -0.4 is 10.1 Å². The Hall–Kier alpha value is -3.15. The minimum atomic E-state index is -0.645. The van der Waals surface area contributed by atoms with Crippen LogP contribution >= 0.6 is 0 Å². The molecular formula is C23H27N3O3. The molecule has 0 aliphatic heterocycles. The van der Waals surface area contributed by atoms with E-state index in [2.05, 4.69) is 29.3 Å². The Balaban J connectivity index is 1.61. The maximum absolute atomic E-state index is 12.5. The summed E-state index contributed by atoms with van der Waals surface area (Å²) in [5.41, 5.74) is 4.16. The minimum absolute atomic E-state index is 0.149. The van der Waals surface area contributed by atoms with Gasteiger partial charge in [0.05, 0.1) is 6.54 Å². The molecule has 1 aromatic heterocycles. The van der Waals surface area contributed by atoms with E-state index < -0.39 is 6.10 Å². The molecule has 0 aliphatic rings. The third kappa shape index (κ3) is 5.22. The van der Waals surface area contributed by atoms with Gasteiger partial charge in [0.2, 0.25) is 11.7 Å². The van der Waals surface area contributed by atoms with Crippen LogP contribution in [0, 0.1) is 13.8 Å². The molecule has 3 rings (SSSR count). The van der Waals surface area contributed by atoms with E-state index in [0.717, 1.165) is 28.0 Å². The fraction of sp³-hybridized carbons (Fsp3) is 0.348. The molecule has 1 N–H and O–H groups in total. The predicted molar refractivity (Wildman–Crippen MR) is 112 cm³/mol. The number of nitrogens with one attached hydrogen (secondary N) is 1. The standard InChI is InChI=1S/C23H27N3O3/c1-14(2)19-10-9-16(4)12-20(19)28-17(5)23(27)24-13-21-25-22(26-29-21)18-8-6-7-15(3)11-18/h6-12,14,17H,13H2,1-5H3,(H,24,27)/t17-/m0/s1. The molecule has 0 unspecified atom stereocenters. The number of hydrogen-bond donors (Lipinski definition) is 1. The van der Waals surface area contributed by atoms with Gasteiger partial charge >= 0.3 is 0 Å². The van der Waals surface area contributed by atoms with Crippen molar-refractivity contribution in [3.63, 3.8) is 0 Å². The first kappa shape index (κ1) is 20.6. The van der Waals surface area contributed by atoms with E-state index in [-0.39, 0.29) is 12.5 Å². The van der Waals surface area contributed by atoms with Crippen LogP contribution in [0.1, 0.15) is 49.3 Å². The van der Waals surface area contributed by atoms with Crippen molar-refractivity contribution in [2.24, 2.45) is 0 Å². The van der Waals surface area contributed by atoms with Crippen LogP contribution in [-0.4, -0.2) is 22.2 Å². The predicted octanol–water partition coefficient (Wildman–Crippen LogP) is 4.56. The number of nitrogens with zero attached hydrogens (tertiary/aromatic N) is 2. The van der Waals surface area contributed by atoms with Crippen molar-refractivity contribution in [1.29, 1.82) is 0 Å². The Morgan fingerprint density at radius 3 is 2.59 bits per heavy atom. The molecule has 1 heterocycles. The second-order valence-corrected chi connectivity index (χ2v) is 7.56. The molecular weight excluding hydrogens is 366 g/mol. The second-order valence-electron chi connectivity index (χ2n) is 7.56. The highest BCUT2D eigenvalue weighted by Crippen LogP contribution is 2.28. The average Bonchev–Trinajstić information content (AvgIpc) is 3.15. The zero-order valence-electron chi connectivity index (χ0n) is 17.5. The molecule has 6 heteroatoms. The van der Waals surface area contributed by atoms with Crippen molar-refractivity contribution in [1.82, 2.24) is 15.5 Å². The quantitative estimate of drug-likeness (QED) is 0.637. The summed E-state index contributed by atoms with van der Waals surface area (Å²) in [5.74, 6) is 1.65. The zero-order chi connectivity index (χ0) is 21.0. The normalized spacial score (nSPS) is 12.1. The van der Waals surface area contributed by atoms with Crippen LogP contribution in [0.3, 0.4) is 0 Å². The third-order valence-electron chi connectivity index (χ3n) is 4.62. The van der Waals surface area contributed by atoms with E-state index in [1.807, 2.05) is 56.3 Å². The summed E-state index contributed by atoms with van der Waals surface area (Å²) >= 11 is 0. The first-order chi connectivity index (χ1) is 13.8. The summed E-state index contributed by atoms with van der Waals surface area (Å²) in [5, 5.41) is 6.79. The van der Waals surface area contributed by atoms with E-state index in [1.54, 1.807) is 6.92 Å². The van der Waals surface area contributed by atoms with Crippen LogP contribution in [0.15, 0.2) is 47.0 Å². The number of benzene rings is 2. The molecule has 0 spiro atoms. The van der Waals surface area contributed by atoms with Gasteiger partial charge < -0.3 is 14.6 Å². The van der Waals surface area contributed by atoms with Crippen molar-refractivity contribution < 1.29 is 14.1 Å². The second kappa shape index (κ2) is 8.90. The van der Waals surface area contributed by atoms with E-state index in [1.165, 1.54) is 0 Å². The van der Waals surface area contributed by atoms with Crippen molar-refractivity contribution in [2.45, 2.75) is 53.2 Å². The van der Waals surface area contributed by atoms with E-state index in [9.17, 15) is 4.79 Å². The number of aryl methyl sites for hydroxylation is 2. The van der Waals surface area contributed by atoms with Crippen molar-refractivity contribution in [2.75, 3.05) is 0 Å². The van der Waals surface area contributed by atoms with Crippen LogP contribution in [-0.2, 0) is 11.3 Å². The summed E-state index contributed by atoms with van der Waals surface area (Å²) in [7, 11) is 0. The van der Waals surface area contributed by atoms with Gasteiger partial charge in [0, 0.05) is 5.56 Å². The number of carbonyl (C=O) groups is 1. The number of ether oxygens (including phenoxy) is 1. The van der Waals surface area contributed by atoms with Crippen molar-refractivity contribution >= 4 is 5.91 Å². The Kier molecular flexibility index (Phi) is 6.32. The lowest BCUT2D eigenvalue weighted by atomic mass is 10.0. The molecule has 2 aromatic carbocycles. The SMILES string of the molecule is Cc1cccc(-c2noc(CNC(=O)[C@H](C)Oc3cc(C)ccc3C(C)C)n2)c1. The van der Waals surface area contributed by atoms with Gasteiger partial charge in [-0.15, -0.1) is 0 Å². The van der Waals surface area contributed by atoms with Crippen LogP contribution in [0.2, 0.25) is 0 Å². The molecule has 1 amide bonds. The van der Waals surface area contributed by atoms with Gasteiger partial charge in [-0.05, 0) is 49.9 Å². The highest BCUT2D eigenvalue weighted by atomic mass is 16.5. The van der Waals surface area contributed by atoms with Gasteiger partial charge in [0.1, 0.15) is 5.75 Å². The maximum Gasteiger partial charge on any atom is 0.261 e. The van der Waals surface area contributed by atoms with Gasteiger partial charge in [-0.25, -0.2) is 0 Å². The number of amides is 1. The lowest BCUT2D eigenvalue weighted by molar-refractivity contribution is -0.127. The maximum atomic E-state index is 12.5. The summed E-state index contributed by atoms with van der Waals surface area (Å²) in [6.45, 7) is 10.1. The van der Waals surface area contributed by atoms with E-state index in [0.29, 0.717) is 17.6 Å². The molecule has 0 aliphatic carbocycles. The largest absolute Gasteiger partial charge is 0.481 e. The fourth-order valence-electron chi connectivity index (χ4n) is 3.00. The van der Waals surface area contributed by atoms with Crippen LogP contribution in [0.4, 0.5) is 0 Å². The molecule has 0 radical (unpaired) electrons. The first-order valence-corrected chi connectivity index (χ1v) is 9.78. The minimum Gasteiger partial charge on any atom is -0.481 e. The van der Waals surface area contributed by atoms with E-state index in [4.69, 9.17) is 9.26 Å². The Bertz CT molecular complexity index is 995. The molecule has 29 heavy (non-hydrogen) atoms. The first-order valence-electron chi connectivity index (χ1n) is 9.78.